The zero-order chi connectivity index (χ0) is 19.8. The van der Waals surface area contributed by atoms with Gasteiger partial charge in [0.2, 0.25) is 0 Å². The molecule has 2 aromatic rings. The van der Waals surface area contributed by atoms with E-state index in [4.69, 9.17) is 9.84 Å². The molecule has 0 atom stereocenters. The quantitative estimate of drug-likeness (QED) is 0.624. The third-order valence-electron chi connectivity index (χ3n) is 5.92. The molecule has 0 unspecified atom stereocenters. The molecule has 0 radical (unpaired) electrons. The van der Waals surface area contributed by atoms with Crippen molar-refractivity contribution in [2.75, 3.05) is 46.8 Å². The van der Waals surface area contributed by atoms with E-state index in [1.54, 1.807) is 31.5 Å². The summed E-state index contributed by atoms with van der Waals surface area (Å²) >= 11 is 0. The van der Waals surface area contributed by atoms with Gasteiger partial charge in [-0.05, 0) is 23.8 Å². The van der Waals surface area contributed by atoms with Gasteiger partial charge in [-0.3, -0.25) is 14.7 Å². The number of ether oxygens (including phenoxy) is 1. The largest absolute Gasteiger partial charge is 0.507 e. The van der Waals surface area contributed by atoms with Crippen LogP contribution in [0, 0.1) is 5.41 Å². The molecule has 4 aliphatic heterocycles. The predicted octanol–water partition coefficient (Wildman–Crippen LogP) is 2.03. The molecule has 0 spiro atoms. The van der Waals surface area contributed by atoms with E-state index in [1.165, 1.54) is 0 Å². The van der Waals surface area contributed by atoms with Gasteiger partial charge in [-0.15, -0.1) is 0 Å². The summed E-state index contributed by atoms with van der Waals surface area (Å²) in [5.41, 5.74) is 2.63. The van der Waals surface area contributed by atoms with Gasteiger partial charge in [-0.2, -0.15) is 10.2 Å². The lowest BCUT2D eigenvalue weighted by molar-refractivity contribution is -0.149. The number of hydrogen-bond donors (Lipinski definition) is 1. The van der Waals surface area contributed by atoms with E-state index in [9.17, 15) is 5.11 Å². The lowest BCUT2D eigenvalue weighted by Gasteiger charge is -2.60. The molecule has 29 heavy (non-hydrogen) atoms. The summed E-state index contributed by atoms with van der Waals surface area (Å²) in [7, 11) is 1.60. The summed E-state index contributed by atoms with van der Waals surface area (Å²) in [5, 5.41) is 19.3. The Morgan fingerprint density at radius 1 is 1.00 bits per heavy atom. The molecular weight excluding hydrogens is 366 g/mol. The van der Waals surface area contributed by atoms with Crippen molar-refractivity contribution in [3.63, 3.8) is 0 Å². The Morgan fingerprint density at radius 3 is 2.28 bits per heavy atom. The highest BCUT2D eigenvalue weighted by molar-refractivity contribution is 6.05. The first-order chi connectivity index (χ1) is 14.1. The Kier molecular flexibility index (Phi) is 4.58. The zero-order valence-corrected chi connectivity index (χ0v) is 16.5. The van der Waals surface area contributed by atoms with Crippen LogP contribution >= 0.6 is 0 Å². The fourth-order valence-corrected chi connectivity index (χ4v) is 4.92. The van der Waals surface area contributed by atoms with Crippen molar-refractivity contribution < 1.29 is 9.84 Å². The maximum atomic E-state index is 10.1. The van der Waals surface area contributed by atoms with Crippen molar-refractivity contribution >= 4 is 11.9 Å². The molecule has 0 aromatic heterocycles. The Morgan fingerprint density at radius 2 is 1.66 bits per heavy atom. The highest BCUT2D eigenvalue weighted by atomic mass is 16.5. The van der Waals surface area contributed by atoms with Crippen molar-refractivity contribution in [2.24, 2.45) is 15.6 Å². The van der Waals surface area contributed by atoms with Crippen molar-refractivity contribution in [3.05, 3.63) is 59.7 Å². The van der Waals surface area contributed by atoms with Crippen molar-refractivity contribution in [2.45, 2.75) is 0 Å². The van der Waals surface area contributed by atoms with E-state index >= 15 is 0 Å². The summed E-state index contributed by atoms with van der Waals surface area (Å²) in [6.45, 7) is 6.07. The monoisotopic (exact) mass is 391 g/mol. The third kappa shape index (κ3) is 3.42. The first-order valence-corrected chi connectivity index (χ1v) is 9.86. The summed E-state index contributed by atoms with van der Waals surface area (Å²) < 4.78 is 5.25. The van der Waals surface area contributed by atoms with Crippen molar-refractivity contribution in [1.82, 2.24) is 14.7 Å². The van der Waals surface area contributed by atoms with Gasteiger partial charge >= 0.3 is 0 Å². The SMILES string of the molecule is COc1ccc(O)c(/C=N/N=C(\c2ccccc2)C23CN4CN(CN(C4)C2)C3)c1. The molecule has 7 nitrogen and oxygen atoms in total. The lowest BCUT2D eigenvalue weighted by atomic mass is 9.74. The van der Waals surface area contributed by atoms with Crippen LogP contribution in [0.25, 0.3) is 0 Å². The summed E-state index contributed by atoms with van der Waals surface area (Å²) in [6, 6.07) is 15.4. The Labute approximate surface area is 170 Å². The van der Waals surface area contributed by atoms with E-state index in [0.29, 0.717) is 11.3 Å². The van der Waals surface area contributed by atoms with Crippen LogP contribution in [-0.2, 0) is 0 Å². The topological polar surface area (TPSA) is 63.9 Å². The Balaban J connectivity index is 1.52. The minimum absolute atomic E-state index is 0.0656. The second kappa shape index (κ2) is 7.26. The van der Waals surface area contributed by atoms with E-state index in [1.807, 2.05) is 18.2 Å². The molecule has 1 N–H and O–H groups in total. The molecule has 2 aromatic carbocycles. The molecule has 4 fully saturated rings. The van der Waals surface area contributed by atoms with Gasteiger partial charge in [0.25, 0.3) is 0 Å². The average molecular weight is 391 g/mol. The maximum absolute atomic E-state index is 10.1. The van der Waals surface area contributed by atoms with Gasteiger partial charge in [0.15, 0.2) is 0 Å². The number of phenols is 1. The second-order valence-electron chi connectivity index (χ2n) is 8.18. The van der Waals surface area contributed by atoms with Gasteiger partial charge in [0.05, 0.1) is 44.5 Å². The first kappa shape index (κ1) is 18.3. The molecule has 0 amide bonds. The van der Waals surface area contributed by atoms with Gasteiger partial charge in [-0.25, -0.2) is 0 Å². The number of methoxy groups -OCH3 is 1. The van der Waals surface area contributed by atoms with Crippen LogP contribution in [0.3, 0.4) is 0 Å². The third-order valence-corrected chi connectivity index (χ3v) is 5.92. The normalized spacial score (nSPS) is 30.8. The lowest BCUT2D eigenvalue weighted by Crippen LogP contribution is -2.74. The number of rotatable bonds is 5. The van der Waals surface area contributed by atoms with Gasteiger partial charge < -0.3 is 9.84 Å². The molecule has 4 saturated heterocycles. The molecular formula is C22H25N5O2. The molecule has 6 rings (SSSR count). The molecule has 4 aliphatic rings. The minimum atomic E-state index is -0.0656. The second-order valence-corrected chi connectivity index (χ2v) is 8.18. The van der Waals surface area contributed by atoms with E-state index in [-0.39, 0.29) is 11.2 Å². The smallest absolute Gasteiger partial charge is 0.124 e. The number of hydrogen-bond acceptors (Lipinski definition) is 7. The van der Waals surface area contributed by atoms with Crippen LogP contribution in [-0.4, -0.2) is 78.5 Å². The molecule has 4 heterocycles. The highest BCUT2D eigenvalue weighted by Gasteiger charge is 2.51. The van der Waals surface area contributed by atoms with Crippen molar-refractivity contribution in [3.8, 4) is 11.5 Å². The summed E-state index contributed by atoms with van der Waals surface area (Å²) in [4.78, 5) is 7.44. The van der Waals surface area contributed by atoms with E-state index in [0.717, 1.165) is 50.9 Å². The van der Waals surface area contributed by atoms with Crippen LogP contribution in [0.5, 0.6) is 11.5 Å². The Bertz CT molecular complexity index is 922. The number of benzene rings is 2. The molecule has 150 valence electrons. The predicted molar refractivity (Wildman–Crippen MR) is 112 cm³/mol. The number of aromatic hydroxyl groups is 1. The zero-order valence-electron chi connectivity index (χ0n) is 16.5. The van der Waals surface area contributed by atoms with Crippen LogP contribution in [0.2, 0.25) is 0 Å². The molecule has 4 bridgehead atoms. The van der Waals surface area contributed by atoms with Crippen LogP contribution < -0.4 is 4.74 Å². The molecule has 0 aliphatic carbocycles. The van der Waals surface area contributed by atoms with Crippen LogP contribution in [0.4, 0.5) is 0 Å². The van der Waals surface area contributed by atoms with E-state index in [2.05, 4.69) is 31.9 Å². The van der Waals surface area contributed by atoms with Gasteiger partial charge in [0.1, 0.15) is 11.5 Å². The number of nitrogens with zero attached hydrogens (tertiary/aromatic N) is 5. The fourth-order valence-electron chi connectivity index (χ4n) is 4.92. The molecule has 7 heteroatoms. The molecule has 0 saturated carbocycles. The standard InChI is InChI=1S/C22H25N5O2/c1-29-19-7-8-20(28)18(9-19)10-23-24-21(17-5-3-2-4-6-17)22-11-25-14-26(12-22)16-27(13-22)15-25/h2-10,28H,11-16H2,1H3/b23-10+,24-21+. The fraction of sp³-hybridized carbons (Fsp3) is 0.364. The van der Waals surface area contributed by atoms with Crippen LogP contribution in [0.15, 0.2) is 58.7 Å². The Hall–Kier alpha value is -2.74. The average Bonchev–Trinajstić information content (AvgIpc) is 2.72. The maximum Gasteiger partial charge on any atom is 0.124 e. The highest BCUT2D eigenvalue weighted by Crippen LogP contribution is 2.38. The summed E-state index contributed by atoms with van der Waals surface area (Å²) in [5.74, 6) is 0.829. The van der Waals surface area contributed by atoms with Gasteiger partial charge in [-0.1, -0.05) is 30.3 Å². The van der Waals surface area contributed by atoms with Gasteiger partial charge in [0, 0.05) is 25.2 Å². The number of phenolic OH excluding ortho intramolecular Hbond substituents is 1. The minimum Gasteiger partial charge on any atom is -0.507 e. The van der Waals surface area contributed by atoms with Crippen LogP contribution in [0.1, 0.15) is 11.1 Å². The van der Waals surface area contributed by atoms with E-state index < -0.39 is 0 Å². The first-order valence-electron chi connectivity index (χ1n) is 9.86. The van der Waals surface area contributed by atoms with Crippen molar-refractivity contribution in [1.29, 1.82) is 0 Å². The summed E-state index contributed by atoms with van der Waals surface area (Å²) in [6.07, 6.45) is 1.60.